The smallest absolute Gasteiger partial charge is 0.295 e. The lowest BCUT2D eigenvalue weighted by Gasteiger charge is -2.26. The molecule has 1 saturated heterocycles. The summed E-state index contributed by atoms with van der Waals surface area (Å²) < 4.78 is 18.6. The van der Waals surface area contributed by atoms with E-state index >= 15 is 0 Å². The van der Waals surface area contributed by atoms with Crippen molar-refractivity contribution in [3.05, 3.63) is 70.0 Å². The Kier molecular flexibility index (Phi) is 6.43. The molecule has 3 rings (SSSR count). The molecule has 0 bridgehead atoms. The van der Waals surface area contributed by atoms with Crippen LogP contribution < -0.4 is 4.74 Å². The normalized spacial score (nSPS) is 18.3. The molecular weight excluding hydrogens is 411 g/mol. The predicted octanol–water partition coefficient (Wildman–Crippen LogP) is 3.47. The first kappa shape index (κ1) is 21.8. The Morgan fingerprint density at radius 1 is 1.20 bits per heavy atom. The second-order valence-corrected chi connectivity index (χ2v) is 7.60. The maximum atomic E-state index is 13.5. The molecule has 0 spiro atoms. The Hall–Kier alpha value is -2.90. The average molecular weight is 433 g/mol. The van der Waals surface area contributed by atoms with E-state index in [1.807, 2.05) is 19.0 Å². The maximum Gasteiger partial charge on any atom is 0.295 e. The number of ketones is 1. The van der Waals surface area contributed by atoms with Gasteiger partial charge in [0.2, 0.25) is 0 Å². The van der Waals surface area contributed by atoms with Gasteiger partial charge in [-0.1, -0.05) is 23.7 Å². The van der Waals surface area contributed by atoms with Gasteiger partial charge in [0.15, 0.2) is 0 Å². The van der Waals surface area contributed by atoms with Crippen LogP contribution in [0.25, 0.3) is 5.76 Å². The van der Waals surface area contributed by atoms with Crippen molar-refractivity contribution in [3.8, 4) is 5.75 Å². The van der Waals surface area contributed by atoms with Crippen LogP contribution in [0.15, 0.2) is 48.0 Å². The Labute approximate surface area is 179 Å². The summed E-state index contributed by atoms with van der Waals surface area (Å²) in [7, 11) is 5.16. The van der Waals surface area contributed by atoms with Gasteiger partial charge in [0, 0.05) is 18.7 Å². The SMILES string of the molecule is COc1ccc(C(O)=C2C(=O)C(=O)N(CCN(C)C)[C@H]2c2ccc(F)cc2)cc1Cl. The number of likely N-dealkylation sites (tertiary alicyclic amines) is 1. The van der Waals surface area contributed by atoms with Crippen LogP contribution in [0.5, 0.6) is 5.75 Å². The predicted molar refractivity (Wildman–Crippen MR) is 112 cm³/mol. The number of hydrogen-bond acceptors (Lipinski definition) is 5. The second-order valence-electron chi connectivity index (χ2n) is 7.20. The van der Waals surface area contributed by atoms with Gasteiger partial charge in [-0.2, -0.15) is 0 Å². The van der Waals surface area contributed by atoms with Crippen LogP contribution in [0.3, 0.4) is 0 Å². The van der Waals surface area contributed by atoms with Gasteiger partial charge in [-0.05, 0) is 50.0 Å². The summed E-state index contributed by atoms with van der Waals surface area (Å²) in [6.45, 7) is 0.777. The van der Waals surface area contributed by atoms with E-state index in [4.69, 9.17) is 16.3 Å². The molecule has 2 aromatic rings. The third kappa shape index (κ3) is 4.17. The fourth-order valence-corrected chi connectivity index (χ4v) is 3.64. The Balaban J connectivity index is 2.14. The molecule has 1 aliphatic rings. The van der Waals surface area contributed by atoms with E-state index in [9.17, 15) is 19.1 Å². The summed E-state index contributed by atoms with van der Waals surface area (Å²) in [5.74, 6) is -1.89. The highest BCUT2D eigenvalue weighted by Crippen LogP contribution is 2.40. The number of Topliss-reactive ketones (excluding diaryl/α,β-unsaturated/α-hetero) is 1. The van der Waals surface area contributed by atoms with E-state index < -0.39 is 23.5 Å². The largest absolute Gasteiger partial charge is 0.507 e. The van der Waals surface area contributed by atoms with Crippen molar-refractivity contribution in [2.45, 2.75) is 6.04 Å². The molecule has 1 heterocycles. The number of carbonyl (C=O) groups is 2. The summed E-state index contributed by atoms with van der Waals surface area (Å²) in [6.07, 6.45) is 0. The summed E-state index contributed by atoms with van der Waals surface area (Å²) in [4.78, 5) is 28.9. The van der Waals surface area contributed by atoms with Crippen molar-refractivity contribution in [3.63, 3.8) is 0 Å². The van der Waals surface area contributed by atoms with Gasteiger partial charge in [-0.15, -0.1) is 0 Å². The summed E-state index contributed by atoms with van der Waals surface area (Å²) >= 11 is 6.16. The molecular formula is C22H22ClFN2O4. The second kappa shape index (κ2) is 8.85. The van der Waals surface area contributed by atoms with E-state index in [2.05, 4.69) is 0 Å². The molecule has 0 saturated carbocycles. The number of nitrogens with zero attached hydrogens (tertiary/aromatic N) is 2. The van der Waals surface area contributed by atoms with Crippen molar-refractivity contribution in [2.24, 2.45) is 0 Å². The first-order valence-electron chi connectivity index (χ1n) is 9.27. The highest BCUT2D eigenvalue weighted by atomic mass is 35.5. The monoisotopic (exact) mass is 432 g/mol. The minimum atomic E-state index is -0.841. The van der Waals surface area contributed by atoms with Crippen LogP contribution in [0.2, 0.25) is 5.02 Å². The number of methoxy groups -OCH3 is 1. The van der Waals surface area contributed by atoms with E-state index in [0.29, 0.717) is 17.9 Å². The van der Waals surface area contributed by atoms with Gasteiger partial charge in [0.25, 0.3) is 11.7 Å². The number of benzene rings is 2. The van der Waals surface area contributed by atoms with Crippen LogP contribution in [0.1, 0.15) is 17.2 Å². The molecule has 0 aromatic heterocycles. The zero-order chi connectivity index (χ0) is 22.0. The van der Waals surface area contributed by atoms with Crippen molar-refractivity contribution in [1.82, 2.24) is 9.80 Å². The lowest BCUT2D eigenvalue weighted by molar-refractivity contribution is -0.140. The van der Waals surface area contributed by atoms with Gasteiger partial charge in [0.1, 0.15) is 17.3 Å². The van der Waals surface area contributed by atoms with Crippen LogP contribution in [0.4, 0.5) is 4.39 Å². The third-order valence-electron chi connectivity index (χ3n) is 4.94. The minimum absolute atomic E-state index is 0.0633. The van der Waals surface area contributed by atoms with Gasteiger partial charge in [-0.25, -0.2) is 4.39 Å². The van der Waals surface area contributed by atoms with Gasteiger partial charge in [0.05, 0.1) is 23.7 Å². The molecule has 2 aromatic carbocycles. The minimum Gasteiger partial charge on any atom is -0.507 e. The first-order chi connectivity index (χ1) is 14.2. The number of carbonyl (C=O) groups excluding carboxylic acids is 2. The van der Waals surface area contributed by atoms with Crippen LogP contribution in [-0.4, -0.2) is 60.9 Å². The van der Waals surface area contributed by atoms with Crippen molar-refractivity contribution >= 4 is 29.1 Å². The van der Waals surface area contributed by atoms with Gasteiger partial charge in [-0.3, -0.25) is 9.59 Å². The van der Waals surface area contributed by atoms with Crippen molar-refractivity contribution < 1.29 is 23.8 Å². The van der Waals surface area contributed by atoms with E-state index in [1.54, 1.807) is 12.1 Å². The van der Waals surface area contributed by atoms with Crippen LogP contribution in [0, 0.1) is 5.82 Å². The molecule has 8 heteroatoms. The zero-order valence-electron chi connectivity index (χ0n) is 16.9. The number of ether oxygens (including phenoxy) is 1. The Bertz CT molecular complexity index is 1000. The molecule has 30 heavy (non-hydrogen) atoms. The highest BCUT2D eigenvalue weighted by Gasteiger charge is 2.45. The fraction of sp³-hybridized carbons (Fsp3) is 0.273. The van der Waals surface area contributed by atoms with E-state index in [0.717, 1.165) is 0 Å². The van der Waals surface area contributed by atoms with Crippen molar-refractivity contribution in [2.75, 3.05) is 34.3 Å². The lowest BCUT2D eigenvalue weighted by Crippen LogP contribution is -2.35. The molecule has 1 amide bonds. The number of aliphatic hydroxyl groups excluding tert-OH is 1. The number of amides is 1. The van der Waals surface area contributed by atoms with Crippen molar-refractivity contribution in [1.29, 1.82) is 0 Å². The molecule has 0 aliphatic carbocycles. The first-order valence-corrected chi connectivity index (χ1v) is 9.65. The van der Waals surface area contributed by atoms with E-state index in [-0.39, 0.29) is 28.5 Å². The Morgan fingerprint density at radius 3 is 2.43 bits per heavy atom. The molecule has 158 valence electrons. The molecule has 0 unspecified atom stereocenters. The molecule has 0 radical (unpaired) electrons. The quantitative estimate of drug-likeness (QED) is 0.430. The number of halogens is 2. The summed E-state index contributed by atoms with van der Waals surface area (Å²) in [5.41, 5.74) is 0.737. The third-order valence-corrected chi connectivity index (χ3v) is 5.23. The van der Waals surface area contributed by atoms with E-state index in [1.165, 1.54) is 42.3 Å². The highest BCUT2D eigenvalue weighted by molar-refractivity contribution is 6.46. The molecule has 6 nitrogen and oxygen atoms in total. The maximum absolute atomic E-state index is 13.5. The topological polar surface area (TPSA) is 70.1 Å². The molecule has 1 N–H and O–H groups in total. The number of aliphatic hydroxyl groups is 1. The van der Waals surface area contributed by atoms with Crippen LogP contribution >= 0.6 is 11.6 Å². The molecule has 1 aliphatic heterocycles. The standard InChI is InChI=1S/C22H22ClFN2O4/c1-25(2)10-11-26-19(13-4-7-15(24)8-5-13)18(21(28)22(26)29)20(27)14-6-9-17(30-3)16(23)12-14/h4-9,12,19,27H,10-11H2,1-3H3/t19-/m0/s1. The number of rotatable bonds is 6. The van der Waals surface area contributed by atoms with Gasteiger partial charge >= 0.3 is 0 Å². The number of likely N-dealkylation sites (N-methyl/N-ethyl adjacent to an activating group) is 1. The summed E-state index contributed by atoms with van der Waals surface area (Å²) in [6, 6.07) is 9.25. The molecule has 1 fully saturated rings. The lowest BCUT2D eigenvalue weighted by atomic mass is 9.95. The molecule has 1 atom stereocenters. The zero-order valence-corrected chi connectivity index (χ0v) is 17.6. The van der Waals surface area contributed by atoms with Crippen LogP contribution in [-0.2, 0) is 9.59 Å². The van der Waals surface area contributed by atoms with Gasteiger partial charge < -0.3 is 19.6 Å². The average Bonchev–Trinajstić information content (AvgIpc) is 2.96. The Morgan fingerprint density at radius 2 is 1.87 bits per heavy atom. The number of hydrogen-bond donors (Lipinski definition) is 1. The fourth-order valence-electron chi connectivity index (χ4n) is 3.38. The summed E-state index contributed by atoms with van der Waals surface area (Å²) in [5, 5.41) is 11.2.